The van der Waals surface area contributed by atoms with Crippen molar-refractivity contribution in [1.29, 1.82) is 0 Å². The van der Waals surface area contributed by atoms with Crippen LogP contribution in [-0.2, 0) is 0 Å². The van der Waals surface area contributed by atoms with Gasteiger partial charge in [0.2, 0.25) is 0 Å². The summed E-state index contributed by atoms with van der Waals surface area (Å²) in [6, 6.07) is 11.2. The standard InChI is InChI=1S/C22H14F6/c1-2-17(23)21(27)14-7-8-16(18(24)9-14)13-5-3-12(4-6-13)15-10-19(25)22(28)20(26)11-15/h3-11H,2H2,1H3/b21-17+. The van der Waals surface area contributed by atoms with Gasteiger partial charge >= 0.3 is 0 Å². The van der Waals surface area contributed by atoms with Crippen molar-refractivity contribution < 1.29 is 26.3 Å². The lowest BCUT2D eigenvalue weighted by atomic mass is 9.98. The van der Waals surface area contributed by atoms with E-state index in [2.05, 4.69) is 0 Å². The first-order valence-electron chi connectivity index (χ1n) is 8.41. The molecule has 0 heterocycles. The maximum atomic E-state index is 14.4. The highest BCUT2D eigenvalue weighted by Crippen LogP contribution is 2.31. The van der Waals surface area contributed by atoms with Crippen LogP contribution in [0.2, 0.25) is 0 Å². The second-order valence-electron chi connectivity index (χ2n) is 6.10. The van der Waals surface area contributed by atoms with Crippen LogP contribution >= 0.6 is 0 Å². The van der Waals surface area contributed by atoms with E-state index in [1.165, 1.54) is 43.3 Å². The van der Waals surface area contributed by atoms with E-state index in [4.69, 9.17) is 0 Å². The zero-order valence-corrected chi connectivity index (χ0v) is 14.7. The predicted octanol–water partition coefficient (Wildman–Crippen LogP) is 7.59. The molecule has 6 heteroatoms. The molecule has 3 rings (SSSR count). The van der Waals surface area contributed by atoms with Gasteiger partial charge in [0, 0.05) is 11.1 Å². The first kappa shape index (κ1) is 19.7. The van der Waals surface area contributed by atoms with Gasteiger partial charge in [-0.05, 0) is 41.3 Å². The van der Waals surface area contributed by atoms with Gasteiger partial charge in [-0.2, -0.15) is 0 Å². The Morgan fingerprint density at radius 2 is 1.25 bits per heavy atom. The molecule has 0 fully saturated rings. The summed E-state index contributed by atoms with van der Waals surface area (Å²) in [4.78, 5) is 0. The number of halogens is 6. The highest BCUT2D eigenvalue weighted by molar-refractivity contribution is 5.72. The molecule has 28 heavy (non-hydrogen) atoms. The molecule has 0 atom stereocenters. The molecule has 0 amide bonds. The second-order valence-corrected chi connectivity index (χ2v) is 6.10. The van der Waals surface area contributed by atoms with Gasteiger partial charge in [0.15, 0.2) is 23.3 Å². The highest BCUT2D eigenvalue weighted by atomic mass is 19.2. The Labute approximate surface area is 157 Å². The minimum Gasteiger partial charge on any atom is -0.209 e. The minimum absolute atomic E-state index is 0.126. The Balaban J connectivity index is 1.94. The minimum atomic E-state index is -1.55. The van der Waals surface area contributed by atoms with Crippen LogP contribution in [0.25, 0.3) is 28.1 Å². The maximum Gasteiger partial charge on any atom is 0.194 e. The van der Waals surface area contributed by atoms with Gasteiger partial charge in [-0.15, -0.1) is 0 Å². The Morgan fingerprint density at radius 3 is 1.79 bits per heavy atom. The van der Waals surface area contributed by atoms with Crippen molar-refractivity contribution in [3.8, 4) is 22.3 Å². The fraction of sp³-hybridized carbons (Fsp3) is 0.0909. The number of hydrogen-bond donors (Lipinski definition) is 0. The molecule has 0 radical (unpaired) electrons. The second kappa shape index (κ2) is 7.92. The fourth-order valence-corrected chi connectivity index (χ4v) is 2.76. The van der Waals surface area contributed by atoms with Crippen LogP contribution in [-0.4, -0.2) is 0 Å². The summed E-state index contributed by atoms with van der Waals surface area (Å²) in [5, 5.41) is 0. The third-order valence-electron chi connectivity index (χ3n) is 4.28. The monoisotopic (exact) mass is 392 g/mol. The van der Waals surface area contributed by atoms with Crippen LogP contribution < -0.4 is 0 Å². The predicted molar refractivity (Wildman–Crippen MR) is 96.6 cm³/mol. The first-order valence-corrected chi connectivity index (χ1v) is 8.41. The normalized spacial score (nSPS) is 12.1. The fourth-order valence-electron chi connectivity index (χ4n) is 2.76. The summed E-state index contributed by atoms with van der Waals surface area (Å²) in [7, 11) is 0. The Morgan fingerprint density at radius 1 is 0.679 bits per heavy atom. The van der Waals surface area contributed by atoms with Crippen LogP contribution in [0.5, 0.6) is 0 Å². The molecule has 0 bridgehead atoms. The van der Waals surface area contributed by atoms with Gasteiger partial charge in [0.05, 0.1) is 0 Å². The molecule has 0 aliphatic heterocycles. The van der Waals surface area contributed by atoms with Crippen molar-refractivity contribution in [1.82, 2.24) is 0 Å². The van der Waals surface area contributed by atoms with E-state index in [0.717, 1.165) is 18.2 Å². The summed E-state index contributed by atoms with van der Waals surface area (Å²) in [6.07, 6.45) is -0.138. The SMILES string of the molecule is CC/C(F)=C(\F)c1ccc(-c2ccc(-c3cc(F)c(F)c(F)c3)cc2)c(F)c1. The molecule has 3 aromatic carbocycles. The van der Waals surface area contributed by atoms with Crippen molar-refractivity contribution >= 4 is 5.83 Å². The average Bonchev–Trinajstić information content (AvgIpc) is 2.70. The van der Waals surface area contributed by atoms with Gasteiger partial charge < -0.3 is 0 Å². The number of rotatable bonds is 4. The molecule has 3 aromatic rings. The van der Waals surface area contributed by atoms with Crippen LogP contribution in [0.4, 0.5) is 26.3 Å². The average molecular weight is 392 g/mol. The maximum absolute atomic E-state index is 14.4. The van der Waals surface area contributed by atoms with Crippen LogP contribution in [0.1, 0.15) is 18.9 Å². The number of hydrogen-bond acceptors (Lipinski definition) is 0. The van der Waals surface area contributed by atoms with Crippen molar-refractivity contribution in [3.63, 3.8) is 0 Å². The topological polar surface area (TPSA) is 0 Å². The molecule has 0 nitrogen and oxygen atoms in total. The van der Waals surface area contributed by atoms with Crippen molar-refractivity contribution in [3.05, 3.63) is 89.3 Å². The summed E-state index contributed by atoms with van der Waals surface area (Å²) in [5.41, 5.74) is 0.903. The largest absolute Gasteiger partial charge is 0.209 e. The van der Waals surface area contributed by atoms with E-state index in [0.29, 0.717) is 11.1 Å². The van der Waals surface area contributed by atoms with E-state index in [1.54, 1.807) is 0 Å². The van der Waals surface area contributed by atoms with E-state index in [9.17, 15) is 26.3 Å². The number of allylic oxidation sites excluding steroid dienone is 1. The molecule has 0 aliphatic rings. The Kier molecular flexibility index (Phi) is 5.58. The Hall–Kier alpha value is -3.02. The summed E-state index contributed by atoms with van der Waals surface area (Å²) in [5.74, 6) is -6.99. The molecule has 0 saturated carbocycles. The van der Waals surface area contributed by atoms with Crippen LogP contribution in [0, 0.1) is 23.3 Å². The number of benzene rings is 3. The molecule has 0 aromatic heterocycles. The van der Waals surface area contributed by atoms with Gasteiger partial charge in [-0.3, -0.25) is 0 Å². The van der Waals surface area contributed by atoms with Gasteiger partial charge in [0.1, 0.15) is 11.6 Å². The van der Waals surface area contributed by atoms with E-state index in [-0.39, 0.29) is 23.1 Å². The van der Waals surface area contributed by atoms with Gasteiger partial charge in [-0.1, -0.05) is 43.3 Å². The zero-order chi connectivity index (χ0) is 20.4. The zero-order valence-electron chi connectivity index (χ0n) is 14.7. The van der Waals surface area contributed by atoms with Crippen LogP contribution in [0.3, 0.4) is 0 Å². The lowest BCUT2D eigenvalue weighted by Crippen LogP contribution is -1.92. The van der Waals surface area contributed by atoms with E-state index in [1.807, 2.05) is 0 Å². The molecule has 144 valence electrons. The molecule has 0 N–H and O–H groups in total. The summed E-state index contributed by atoms with van der Waals surface area (Å²) in [6.45, 7) is 1.44. The van der Waals surface area contributed by atoms with Crippen LogP contribution in [0.15, 0.2) is 60.4 Å². The van der Waals surface area contributed by atoms with E-state index < -0.39 is 34.9 Å². The quantitative estimate of drug-likeness (QED) is 0.317. The summed E-state index contributed by atoms with van der Waals surface area (Å²) >= 11 is 0. The molecular formula is C22H14F6. The Bertz CT molecular complexity index is 1030. The lowest BCUT2D eigenvalue weighted by molar-refractivity contribution is 0.448. The van der Waals surface area contributed by atoms with Crippen molar-refractivity contribution in [2.24, 2.45) is 0 Å². The summed E-state index contributed by atoms with van der Waals surface area (Å²) < 4.78 is 81.4. The lowest BCUT2D eigenvalue weighted by Gasteiger charge is -2.08. The molecule has 0 aliphatic carbocycles. The first-order chi connectivity index (χ1) is 13.3. The molecule has 0 spiro atoms. The smallest absolute Gasteiger partial charge is 0.194 e. The third kappa shape index (κ3) is 3.81. The molecular weight excluding hydrogens is 378 g/mol. The molecule has 0 unspecified atom stereocenters. The third-order valence-corrected chi connectivity index (χ3v) is 4.28. The molecule has 0 saturated heterocycles. The van der Waals surface area contributed by atoms with Crippen molar-refractivity contribution in [2.45, 2.75) is 13.3 Å². The van der Waals surface area contributed by atoms with E-state index >= 15 is 0 Å². The highest BCUT2D eigenvalue weighted by Gasteiger charge is 2.14. The van der Waals surface area contributed by atoms with Crippen molar-refractivity contribution in [2.75, 3.05) is 0 Å². The van der Waals surface area contributed by atoms with Gasteiger partial charge in [0.25, 0.3) is 0 Å². The van der Waals surface area contributed by atoms with Gasteiger partial charge in [-0.25, -0.2) is 26.3 Å².